The molecule has 8 N–H and O–H groups in total. The Morgan fingerprint density at radius 2 is 1.39 bits per heavy atom. The van der Waals surface area contributed by atoms with Crippen LogP contribution in [-0.4, -0.2) is 52.9 Å². The van der Waals surface area contributed by atoms with E-state index >= 15 is 0 Å². The van der Waals surface area contributed by atoms with Crippen molar-refractivity contribution in [3.63, 3.8) is 0 Å². The van der Waals surface area contributed by atoms with Gasteiger partial charge < -0.3 is 50.3 Å². The van der Waals surface area contributed by atoms with E-state index in [1.54, 1.807) is 0 Å². The van der Waals surface area contributed by atoms with E-state index in [1.165, 1.54) is 6.07 Å². The van der Waals surface area contributed by atoms with Crippen LogP contribution in [-0.2, 0) is 11.2 Å². The number of rotatable bonds is 3. The molecule has 1 heterocycles. The molecule has 0 aromatic heterocycles. The van der Waals surface area contributed by atoms with Crippen LogP contribution in [0, 0.1) is 0 Å². The van der Waals surface area contributed by atoms with Crippen molar-refractivity contribution in [3.8, 4) is 51.7 Å². The maximum absolute atomic E-state index is 12.7. The molecule has 4 rings (SSSR count). The predicted octanol–water partition coefficient (Wildman–Crippen LogP) is 2.23. The summed E-state index contributed by atoms with van der Waals surface area (Å²) in [7, 11) is 0. The first kappa shape index (κ1) is 21.6. The van der Waals surface area contributed by atoms with Gasteiger partial charge in [-0.2, -0.15) is 0 Å². The SMILES string of the molecule is O=C(O[C@@H]1Cc2c(O)cc(O)cc2O[C@H]1c1cc(O)c(O)c(O)c1)c1cc(O)c(O)cc1O. The van der Waals surface area contributed by atoms with Gasteiger partial charge in [0, 0.05) is 41.8 Å². The molecule has 0 aliphatic carbocycles. The summed E-state index contributed by atoms with van der Waals surface area (Å²) in [6.07, 6.45) is -2.56. The highest BCUT2D eigenvalue weighted by atomic mass is 16.6. The summed E-state index contributed by atoms with van der Waals surface area (Å²) in [6, 6.07) is 5.96. The Balaban J connectivity index is 1.76. The zero-order chi connectivity index (χ0) is 24.0. The molecule has 0 fully saturated rings. The Hall–Kier alpha value is -4.67. The monoisotopic (exact) mass is 458 g/mol. The van der Waals surface area contributed by atoms with Gasteiger partial charge in [0.15, 0.2) is 34.9 Å². The number of phenolic OH excluding ortho intramolecular Hbond substituents is 8. The molecule has 3 aromatic carbocycles. The lowest BCUT2D eigenvalue weighted by Gasteiger charge is -2.34. The lowest BCUT2D eigenvalue weighted by atomic mass is 9.93. The van der Waals surface area contributed by atoms with Crippen molar-refractivity contribution >= 4 is 5.97 Å². The van der Waals surface area contributed by atoms with Gasteiger partial charge in [-0.15, -0.1) is 0 Å². The van der Waals surface area contributed by atoms with Crippen molar-refractivity contribution in [1.29, 1.82) is 0 Å². The number of fused-ring (bicyclic) bond motifs is 1. The number of ether oxygens (including phenoxy) is 2. The Morgan fingerprint density at radius 3 is 2.06 bits per heavy atom. The molecule has 0 radical (unpaired) electrons. The third-order valence-electron chi connectivity index (χ3n) is 5.16. The molecule has 11 nitrogen and oxygen atoms in total. The average molecular weight is 458 g/mol. The number of phenols is 8. The zero-order valence-electron chi connectivity index (χ0n) is 16.6. The van der Waals surface area contributed by atoms with Gasteiger partial charge in [-0.05, 0) is 12.1 Å². The van der Waals surface area contributed by atoms with Crippen molar-refractivity contribution in [2.24, 2.45) is 0 Å². The molecule has 0 amide bonds. The molecule has 172 valence electrons. The number of aromatic hydroxyl groups is 8. The Kier molecular flexibility index (Phi) is 5.09. The smallest absolute Gasteiger partial charge is 0.342 e. The summed E-state index contributed by atoms with van der Waals surface area (Å²) in [5.74, 6) is -5.85. The molecule has 1 aliphatic rings. The maximum Gasteiger partial charge on any atom is 0.342 e. The standard InChI is InChI=1S/C22H18O11/c23-9-3-12(24)10-6-19(33-22(31)11-5-14(26)15(27)7-13(11)25)21(32-18(10)4-9)8-1-16(28)20(30)17(29)2-8/h1-5,7,19,21,23-30H,6H2/t19-,21+/m1/s1. The summed E-state index contributed by atoms with van der Waals surface area (Å²) in [4.78, 5) is 12.7. The number of esters is 1. The van der Waals surface area contributed by atoms with E-state index in [2.05, 4.69) is 0 Å². The van der Waals surface area contributed by atoms with Crippen molar-refractivity contribution in [3.05, 3.63) is 53.1 Å². The summed E-state index contributed by atoms with van der Waals surface area (Å²) < 4.78 is 11.3. The second-order valence-electron chi connectivity index (χ2n) is 7.39. The quantitative estimate of drug-likeness (QED) is 0.163. The van der Waals surface area contributed by atoms with Crippen LogP contribution in [0.15, 0.2) is 36.4 Å². The van der Waals surface area contributed by atoms with Crippen molar-refractivity contribution < 1.29 is 55.1 Å². The van der Waals surface area contributed by atoms with Crippen LogP contribution < -0.4 is 4.74 Å². The van der Waals surface area contributed by atoms with Gasteiger partial charge in [-0.25, -0.2) is 4.79 Å². The van der Waals surface area contributed by atoms with E-state index in [4.69, 9.17) is 9.47 Å². The molecule has 0 saturated heterocycles. The summed E-state index contributed by atoms with van der Waals surface area (Å²) in [5, 5.41) is 78.5. The van der Waals surface area contributed by atoms with E-state index in [-0.39, 0.29) is 34.8 Å². The van der Waals surface area contributed by atoms with E-state index in [0.717, 1.165) is 30.3 Å². The highest BCUT2D eigenvalue weighted by molar-refractivity contribution is 5.93. The molecule has 0 spiro atoms. The van der Waals surface area contributed by atoms with Crippen molar-refractivity contribution in [2.45, 2.75) is 18.6 Å². The molecule has 3 aromatic rings. The van der Waals surface area contributed by atoms with Crippen LogP contribution in [0.2, 0.25) is 0 Å². The fourth-order valence-electron chi connectivity index (χ4n) is 3.55. The van der Waals surface area contributed by atoms with Crippen LogP contribution in [0.25, 0.3) is 0 Å². The number of hydrogen-bond donors (Lipinski definition) is 8. The topological polar surface area (TPSA) is 197 Å². The molecule has 1 aliphatic heterocycles. The fraction of sp³-hybridized carbons (Fsp3) is 0.136. The number of hydrogen-bond acceptors (Lipinski definition) is 11. The largest absolute Gasteiger partial charge is 0.508 e. The normalized spacial score (nSPS) is 17.1. The van der Waals surface area contributed by atoms with Gasteiger partial charge in [-0.1, -0.05) is 0 Å². The first-order chi connectivity index (χ1) is 15.5. The molecule has 2 atom stereocenters. The number of benzene rings is 3. The van der Waals surface area contributed by atoms with Crippen molar-refractivity contribution in [1.82, 2.24) is 0 Å². The van der Waals surface area contributed by atoms with Gasteiger partial charge in [0.05, 0.1) is 0 Å². The Bertz CT molecular complexity index is 1240. The molecule has 0 unspecified atom stereocenters. The minimum absolute atomic E-state index is 0.0435. The van der Waals surface area contributed by atoms with Gasteiger partial charge in [0.25, 0.3) is 0 Å². The highest BCUT2D eigenvalue weighted by Crippen LogP contribution is 2.46. The van der Waals surface area contributed by atoms with E-state index in [9.17, 15) is 45.6 Å². The maximum atomic E-state index is 12.7. The highest BCUT2D eigenvalue weighted by Gasteiger charge is 2.37. The summed E-state index contributed by atoms with van der Waals surface area (Å²) >= 11 is 0. The average Bonchev–Trinajstić information content (AvgIpc) is 2.74. The molecule has 11 heteroatoms. The molecular formula is C22H18O11. The molecule has 0 saturated carbocycles. The van der Waals surface area contributed by atoms with Crippen molar-refractivity contribution in [2.75, 3.05) is 0 Å². The minimum atomic E-state index is -1.21. The van der Waals surface area contributed by atoms with Crippen LogP contribution >= 0.6 is 0 Å². The van der Waals surface area contributed by atoms with Crippen LogP contribution in [0.1, 0.15) is 27.6 Å². The van der Waals surface area contributed by atoms with E-state index in [0.29, 0.717) is 0 Å². The lowest BCUT2D eigenvalue weighted by Crippen LogP contribution is -2.34. The molecule has 33 heavy (non-hydrogen) atoms. The van der Waals surface area contributed by atoms with Crippen LogP contribution in [0.3, 0.4) is 0 Å². The van der Waals surface area contributed by atoms with E-state index in [1.807, 2.05) is 0 Å². The van der Waals surface area contributed by atoms with Gasteiger partial charge in [0.2, 0.25) is 0 Å². The van der Waals surface area contributed by atoms with Gasteiger partial charge in [-0.3, -0.25) is 0 Å². The molecular weight excluding hydrogens is 440 g/mol. The van der Waals surface area contributed by atoms with Gasteiger partial charge in [0.1, 0.15) is 34.7 Å². The Morgan fingerprint density at radius 1 is 0.758 bits per heavy atom. The van der Waals surface area contributed by atoms with Crippen LogP contribution in [0.5, 0.6) is 51.7 Å². The second-order valence-corrected chi connectivity index (χ2v) is 7.39. The number of carbonyl (C=O) groups is 1. The minimum Gasteiger partial charge on any atom is -0.508 e. The van der Waals surface area contributed by atoms with E-state index < -0.39 is 58.2 Å². The van der Waals surface area contributed by atoms with Gasteiger partial charge >= 0.3 is 5.97 Å². The first-order valence-corrected chi connectivity index (χ1v) is 9.47. The third kappa shape index (κ3) is 3.87. The Labute approximate surface area is 185 Å². The zero-order valence-corrected chi connectivity index (χ0v) is 16.6. The molecule has 0 bridgehead atoms. The summed E-state index contributed by atoms with van der Waals surface area (Å²) in [5.41, 5.74) is -0.208. The third-order valence-corrected chi connectivity index (χ3v) is 5.16. The van der Waals surface area contributed by atoms with Crippen LogP contribution in [0.4, 0.5) is 0 Å². The fourth-order valence-corrected chi connectivity index (χ4v) is 3.55. The first-order valence-electron chi connectivity index (χ1n) is 9.47. The summed E-state index contributed by atoms with van der Waals surface area (Å²) in [6.45, 7) is 0. The lowest BCUT2D eigenvalue weighted by molar-refractivity contribution is -0.0191. The number of carbonyl (C=O) groups excluding carboxylic acids is 1. The predicted molar refractivity (Wildman–Crippen MR) is 109 cm³/mol. The second kappa shape index (κ2) is 7.79.